The fraction of sp³-hybridized carbons (Fsp3) is 0.333. The second-order valence-electron chi connectivity index (χ2n) is 8.73. The number of aromatic amines is 1. The van der Waals surface area contributed by atoms with Crippen molar-refractivity contribution in [2.45, 2.75) is 39.7 Å². The molecular formula is C24H27F2N5O. The van der Waals surface area contributed by atoms with E-state index in [9.17, 15) is 4.39 Å². The van der Waals surface area contributed by atoms with Gasteiger partial charge in [-0.3, -0.25) is 15.7 Å². The van der Waals surface area contributed by atoms with E-state index < -0.39 is 17.2 Å². The number of amidine groups is 2. The molecule has 2 aromatic carbocycles. The molecular weight excluding hydrogens is 412 g/mol. The molecule has 4 N–H and O–H groups in total. The van der Waals surface area contributed by atoms with Crippen LogP contribution in [-0.4, -0.2) is 35.9 Å². The van der Waals surface area contributed by atoms with Crippen LogP contribution in [0.2, 0.25) is 0 Å². The van der Waals surface area contributed by atoms with Crippen LogP contribution in [0.1, 0.15) is 31.4 Å². The molecule has 4 rings (SSSR count). The SMILES string of the molecule is COCCC(=N)N1C(=N)C(C)(C)Nc2cc(F)c(-c3cc(F)cc4c(C)c[nH]c34)c(C)c21. The number of halogens is 2. The van der Waals surface area contributed by atoms with Gasteiger partial charge in [0.2, 0.25) is 0 Å². The summed E-state index contributed by atoms with van der Waals surface area (Å²) in [6, 6.07) is 4.12. The van der Waals surface area contributed by atoms with Crippen molar-refractivity contribution in [2.24, 2.45) is 0 Å². The molecule has 1 aliphatic heterocycles. The van der Waals surface area contributed by atoms with Crippen LogP contribution in [0.4, 0.5) is 20.2 Å². The number of nitrogens with one attached hydrogen (secondary N) is 4. The maximum Gasteiger partial charge on any atom is 0.133 e. The van der Waals surface area contributed by atoms with E-state index >= 15 is 4.39 Å². The molecule has 1 aliphatic rings. The summed E-state index contributed by atoms with van der Waals surface area (Å²) >= 11 is 0. The minimum absolute atomic E-state index is 0.173. The number of fused-ring (bicyclic) bond motifs is 2. The van der Waals surface area contributed by atoms with Crippen molar-refractivity contribution >= 4 is 33.9 Å². The number of aryl methyl sites for hydroxylation is 1. The van der Waals surface area contributed by atoms with Gasteiger partial charge in [-0.15, -0.1) is 0 Å². The van der Waals surface area contributed by atoms with Crippen molar-refractivity contribution in [2.75, 3.05) is 23.9 Å². The molecule has 0 radical (unpaired) electrons. The average Bonchev–Trinajstić information content (AvgIpc) is 3.08. The van der Waals surface area contributed by atoms with E-state index in [1.807, 2.05) is 20.8 Å². The van der Waals surface area contributed by atoms with Gasteiger partial charge in [-0.1, -0.05) is 0 Å². The van der Waals surface area contributed by atoms with Gasteiger partial charge in [-0.25, -0.2) is 8.78 Å². The molecule has 8 heteroatoms. The predicted molar refractivity (Wildman–Crippen MR) is 125 cm³/mol. The summed E-state index contributed by atoms with van der Waals surface area (Å²) in [6.45, 7) is 7.56. The first-order chi connectivity index (χ1) is 15.1. The lowest BCUT2D eigenvalue weighted by atomic mass is 9.90. The van der Waals surface area contributed by atoms with Gasteiger partial charge in [0.1, 0.15) is 23.3 Å². The lowest BCUT2D eigenvalue weighted by Gasteiger charge is -2.43. The Bertz CT molecular complexity index is 1260. The molecule has 0 bridgehead atoms. The van der Waals surface area contributed by atoms with E-state index in [1.54, 1.807) is 25.1 Å². The Labute approximate surface area is 185 Å². The number of benzene rings is 2. The van der Waals surface area contributed by atoms with Crippen LogP contribution in [0.15, 0.2) is 24.4 Å². The van der Waals surface area contributed by atoms with Crippen molar-refractivity contribution in [3.63, 3.8) is 0 Å². The Kier molecular flexibility index (Phi) is 5.29. The zero-order valence-electron chi connectivity index (χ0n) is 18.8. The van der Waals surface area contributed by atoms with E-state index in [0.29, 0.717) is 46.4 Å². The third kappa shape index (κ3) is 3.35. The second kappa shape index (κ2) is 7.70. The maximum absolute atomic E-state index is 15.5. The Hall–Kier alpha value is -3.26. The van der Waals surface area contributed by atoms with Gasteiger partial charge in [0.05, 0.1) is 29.0 Å². The average molecular weight is 440 g/mol. The quantitative estimate of drug-likeness (QED) is 0.309. The highest BCUT2D eigenvalue weighted by Gasteiger charge is 2.39. The molecule has 0 spiro atoms. The lowest BCUT2D eigenvalue weighted by Crippen LogP contribution is -2.55. The van der Waals surface area contributed by atoms with Gasteiger partial charge in [-0.05, 0) is 57.0 Å². The summed E-state index contributed by atoms with van der Waals surface area (Å²) in [5, 5.41) is 21.3. The van der Waals surface area contributed by atoms with Crippen molar-refractivity contribution < 1.29 is 13.5 Å². The molecule has 32 heavy (non-hydrogen) atoms. The van der Waals surface area contributed by atoms with Gasteiger partial charge in [-0.2, -0.15) is 0 Å². The van der Waals surface area contributed by atoms with Gasteiger partial charge < -0.3 is 15.0 Å². The third-order valence-corrected chi connectivity index (χ3v) is 6.02. The fourth-order valence-corrected chi connectivity index (χ4v) is 4.38. The van der Waals surface area contributed by atoms with E-state index in [-0.39, 0.29) is 17.2 Å². The standard InChI is InChI=1S/C24H27F2N5O/c1-12-11-29-21-15(12)8-14(25)9-16(21)20-13(2)22-18(10-17(20)26)30-24(3,4)23(28)31(22)19(27)6-7-32-5/h8-11,27-30H,6-7H2,1-5H3. The Balaban J connectivity index is 2.00. The first-order valence-corrected chi connectivity index (χ1v) is 10.4. The molecule has 2 heterocycles. The van der Waals surface area contributed by atoms with Crippen LogP contribution in [0.25, 0.3) is 22.0 Å². The van der Waals surface area contributed by atoms with E-state index in [0.717, 1.165) is 5.56 Å². The summed E-state index contributed by atoms with van der Waals surface area (Å²) in [7, 11) is 1.56. The van der Waals surface area contributed by atoms with Gasteiger partial charge in [0, 0.05) is 36.2 Å². The number of methoxy groups -OCH3 is 1. The highest BCUT2D eigenvalue weighted by molar-refractivity contribution is 6.25. The number of ether oxygens (including phenoxy) is 1. The van der Waals surface area contributed by atoms with Gasteiger partial charge in [0.25, 0.3) is 0 Å². The number of anilines is 2. The summed E-state index contributed by atoms with van der Waals surface area (Å²) in [6.07, 6.45) is 2.06. The third-order valence-electron chi connectivity index (χ3n) is 6.02. The molecule has 3 aromatic rings. The van der Waals surface area contributed by atoms with E-state index in [1.165, 1.54) is 18.2 Å². The summed E-state index contributed by atoms with van der Waals surface area (Å²) in [5.41, 5.74) is 2.88. The fourth-order valence-electron chi connectivity index (χ4n) is 4.38. The van der Waals surface area contributed by atoms with Crippen molar-refractivity contribution in [1.29, 1.82) is 10.8 Å². The van der Waals surface area contributed by atoms with E-state index in [4.69, 9.17) is 15.6 Å². The largest absolute Gasteiger partial charge is 0.384 e. The van der Waals surface area contributed by atoms with Gasteiger partial charge in [0.15, 0.2) is 0 Å². The van der Waals surface area contributed by atoms with Crippen LogP contribution in [0.5, 0.6) is 0 Å². The normalized spacial score (nSPS) is 15.1. The lowest BCUT2D eigenvalue weighted by molar-refractivity contribution is 0.207. The van der Waals surface area contributed by atoms with Crippen LogP contribution in [0.3, 0.4) is 0 Å². The number of rotatable bonds is 4. The zero-order valence-corrected chi connectivity index (χ0v) is 18.8. The molecule has 0 amide bonds. The first-order valence-electron chi connectivity index (χ1n) is 10.4. The first kappa shape index (κ1) is 22.0. The van der Waals surface area contributed by atoms with Gasteiger partial charge >= 0.3 is 0 Å². The molecule has 0 atom stereocenters. The molecule has 0 saturated heterocycles. The second-order valence-corrected chi connectivity index (χ2v) is 8.73. The number of H-pyrrole nitrogens is 1. The number of aromatic nitrogens is 1. The van der Waals surface area contributed by atoms with E-state index in [2.05, 4.69) is 10.3 Å². The smallest absolute Gasteiger partial charge is 0.133 e. The number of hydrogen-bond acceptors (Lipinski definition) is 4. The van der Waals surface area contributed by atoms with Crippen molar-refractivity contribution in [3.8, 4) is 11.1 Å². The summed E-state index contributed by atoms with van der Waals surface area (Å²) < 4.78 is 35.2. The van der Waals surface area contributed by atoms with Crippen LogP contribution in [0, 0.1) is 36.3 Å². The topological polar surface area (TPSA) is 88.0 Å². The Morgan fingerprint density at radius 1 is 1.19 bits per heavy atom. The molecule has 0 unspecified atom stereocenters. The molecule has 168 valence electrons. The van der Waals surface area contributed by atoms with Crippen molar-refractivity contribution in [1.82, 2.24) is 4.98 Å². The number of nitrogens with zero attached hydrogens (tertiary/aromatic N) is 1. The molecule has 1 aromatic heterocycles. The van der Waals surface area contributed by atoms with Crippen molar-refractivity contribution in [3.05, 3.63) is 47.2 Å². The highest BCUT2D eigenvalue weighted by atomic mass is 19.1. The monoisotopic (exact) mass is 439 g/mol. The molecule has 0 aliphatic carbocycles. The zero-order chi connectivity index (χ0) is 23.4. The van der Waals surface area contributed by atoms with Crippen LogP contribution in [-0.2, 0) is 4.74 Å². The molecule has 0 fully saturated rings. The maximum atomic E-state index is 15.5. The summed E-state index contributed by atoms with van der Waals surface area (Å²) in [5.74, 6) is -0.607. The Morgan fingerprint density at radius 3 is 2.59 bits per heavy atom. The molecule has 0 saturated carbocycles. The predicted octanol–water partition coefficient (Wildman–Crippen LogP) is 5.73. The minimum atomic E-state index is -0.810. The van der Waals surface area contributed by atoms with Crippen LogP contribution >= 0.6 is 0 Å². The molecule has 6 nitrogen and oxygen atoms in total. The minimum Gasteiger partial charge on any atom is -0.384 e. The Morgan fingerprint density at radius 2 is 1.91 bits per heavy atom. The summed E-state index contributed by atoms with van der Waals surface area (Å²) in [4.78, 5) is 4.68. The number of hydrogen-bond donors (Lipinski definition) is 4. The highest BCUT2D eigenvalue weighted by Crippen LogP contribution is 2.45. The van der Waals surface area contributed by atoms with Crippen LogP contribution < -0.4 is 10.2 Å².